The van der Waals surface area contributed by atoms with Crippen LogP contribution in [0.4, 0.5) is 5.69 Å². The summed E-state index contributed by atoms with van der Waals surface area (Å²) in [5.41, 5.74) is 2.70. The summed E-state index contributed by atoms with van der Waals surface area (Å²) in [6, 6.07) is 13.1. The molecule has 0 spiro atoms. The van der Waals surface area contributed by atoms with Gasteiger partial charge in [-0.3, -0.25) is 4.79 Å². The normalized spacial score (nSPS) is 10.7. The summed E-state index contributed by atoms with van der Waals surface area (Å²) < 4.78 is 5.65. The van der Waals surface area contributed by atoms with Gasteiger partial charge in [0, 0.05) is 16.8 Å². The lowest BCUT2D eigenvalue weighted by atomic mass is 10.1. The van der Waals surface area contributed by atoms with Crippen LogP contribution in [0.3, 0.4) is 0 Å². The summed E-state index contributed by atoms with van der Waals surface area (Å²) in [7, 11) is 0. The largest absolute Gasteiger partial charge is 0.489 e. The van der Waals surface area contributed by atoms with E-state index in [1.54, 1.807) is 6.08 Å². The molecule has 0 fully saturated rings. The van der Waals surface area contributed by atoms with Crippen LogP contribution >= 0.6 is 11.6 Å². The second-order valence-corrected chi connectivity index (χ2v) is 5.34. The molecule has 0 radical (unpaired) electrons. The number of ether oxygens (including phenoxy) is 1. The molecule has 4 heteroatoms. The van der Waals surface area contributed by atoms with Crippen LogP contribution in [0.1, 0.15) is 11.1 Å². The molecule has 0 aliphatic rings. The standard InChI is InChI=1S/C18H18ClNO2/c1-13-12-17(14(2)11-16(13)19)22-10-6-9-18(21)20-15-7-4-3-5-8-15/h3-9,11-12H,10H2,1-2H3,(H,20,21). The molecular formula is C18H18ClNO2. The molecule has 0 atom stereocenters. The number of benzene rings is 2. The fourth-order valence-corrected chi connectivity index (χ4v) is 2.13. The zero-order valence-electron chi connectivity index (χ0n) is 12.6. The van der Waals surface area contributed by atoms with Crippen LogP contribution in [-0.2, 0) is 4.79 Å². The van der Waals surface area contributed by atoms with Crippen LogP contribution in [0.5, 0.6) is 5.75 Å². The van der Waals surface area contributed by atoms with E-state index in [2.05, 4.69) is 5.32 Å². The number of halogens is 1. The third-order valence-corrected chi connectivity index (χ3v) is 3.51. The molecule has 1 amide bonds. The topological polar surface area (TPSA) is 38.3 Å². The zero-order valence-corrected chi connectivity index (χ0v) is 13.4. The minimum absolute atomic E-state index is 0.182. The molecule has 0 aromatic heterocycles. The fraction of sp³-hybridized carbons (Fsp3) is 0.167. The number of hydrogen-bond donors (Lipinski definition) is 1. The molecule has 114 valence electrons. The van der Waals surface area contributed by atoms with Crippen LogP contribution < -0.4 is 10.1 Å². The lowest BCUT2D eigenvalue weighted by Gasteiger charge is -2.09. The number of carbonyl (C=O) groups excluding carboxylic acids is 1. The molecule has 2 rings (SSSR count). The lowest BCUT2D eigenvalue weighted by Crippen LogP contribution is -2.08. The molecule has 3 nitrogen and oxygen atoms in total. The van der Waals surface area contributed by atoms with Gasteiger partial charge < -0.3 is 10.1 Å². The number of aryl methyl sites for hydroxylation is 2. The van der Waals surface area contributed by atoms with Gasteiger partial charge in [-0.25, -0.2) is 0 Å². The van der Waals surface area contributed by atoms with Gasteiger partial charge in [-0.1, -0.05) is 29.8 Å². The van der Waals surface area contributed by atoms with Gasteiger partial charge in [0.2, 0.25) is 5.91 Å². The van der Waals surface area contributed by atoms with E-state index in [1.165, 1.54) is 6.08 Å². The van der Waals surface area contributed by atoms with Crippen LogP contribution in [0.15, 0.2) is 54.6 Å². The van der Waals surface area contributed by atoms with Crippen molar-refractivity contribution in [3.63, 3.8) is 0 Å². The second kappa shape index (κ2) is 7.66. The summed E-state index contributed by atoms with van der Waals surface area (Å²) in [6.45, 7) is 4.19. The molecule has 0 aliphatic carbocycles. The zero-order chi connectivity index (χ0) is 15.9. The monoisotopic (exact) mass is 315 g/mol. The van der Waals surface area contributed by atoms with Crippen molar-refractivity contribution in [2.24, 2.45) is 0 Å². The summed E-state index contributed by atoms with van der Waals surface area (Å²) in [5, 5.41) is 3.49. The van der Waals surface area contributed by atoms with E-state index in [9.17, 15) is 4.79 Å². The van der Waals surface area contributed by atoms with E-state index in [4.69, 9.17) is 16.3 Å². The number of nitrogens with one attached hydrogen (secondary N) is 1. The Morgan fingerprint density at radius 1 is 1.18 bits per heavy atom. The second-order valence-electron chi connectivity index (χ2n) is 4.94. The van der Waals surface area contributed by atoms with Crippen molar-refractivity contribution in [2.75, 3.05) is 11.9 Å². The van der Waals surface area contributed by atoms with Crippen molar-refractivity contribution >= 4 is 23.2 Å². The molecule has 0 heterocycles. The third kappa shape index (κ3) is 4.64. The average Bonchev–Trinajstić information content (AvgIpc) is 2.49. The van der Waals surface area contributed by atoms with Crippen LogP contribution in [0, 0.1) is 13.8 Å². The third-order valence-electron chi connectivity index (χ3n) is 3.10. The number of hydrogen-bond acceptors (Lipinski definition) is 2. The number of rotatable bonds is 5. The Hall–Kier alpha value is -2.26. The first-order chi connectivity index (χ1) is 10.6. The minimum atomic E-state index is -0.182. The maximum atomic E-state index is 11.7. The highest BCUT2D eigenvalue weighted by atomic mass is 35.5. The van der Waals surface area contributed by atoms with Gasteiger partial charge in [0.1, 0.15) is 12.4 Å². The van der Waals surface area contributed by atoms with Crippen molar-refractivity contribution in [1.82, 2.24) is 0 Å². The minimum Gasteiger partial charge on any atom is -0.489 e. The van der Waals surface area contributed by atoms with Crippen molar-refractivity contribution in [2.45, 2.75) is 13.8 Å². The molecule has 0 saturated heterocycles. The lowest BCUT2D eigenvalue weighted by molar-refractivity contribution is -0.111. The van der Waals surface area contributed by atoms with Gasteiger partial charge >= 0.3 is 0 Å². The van der Waals surface area contributed by atoms with Crippen LogP contribution in [0.2, 0.25) is 5.02 Å². The highest BCUT2D eigenvalue weighted by molar-refractivity contribution is 6.31. The van der Waals surface area contributed by atoms with E-state index in [0.717, 1.165) is 27.6 Å². The van der Waals surface area contributed by atoms with E-state index < -0.39 is 0 Å². The van der Waals surface area contributed by atoms with Crippen LogP contribution in [0.25, 0.3) is 0 Å². The molecule has 0 unspecified atom stereocenters. The van der Waals surface area contributed by atoms with E-state index in [-0.39, 0.29) is 5.91 Å². The Kier molecular flexibility index (Phi) is 5.61. The molecule has 0 aliphatic heterocycles. The van der Waals surface area contributed by atoms with E-state index in [0.29, 0.717) is 6.61 Å². The number of para-hydroxylation sites is 1. The molecule has 0 bridgehead atoms. The van der Waals surface area contributed by atoms with Gasteiger partial charge in [0.25, 0.3) is 0 Å². The Bertz CT molecular complexity index is 681. The first-order valence-electron chi connectivity index (χ1n) is 6.98. The fourth-order valence-electron chi connectivity index (χ4n) is 1.91. The summed E-state index contributed by atoms with van der Waals surface area (Å²) >= 11 is 6.04. The van der Waals surface area contributed by atoms with Crippen LogP contribution in [-0.4, -0.2) is 12.5 Å². The average molecular weight is 316 g/mol. The summed E-state index contributed by atoms with van der Waals surface area (Å²) in [6.07, 6.45) is 3.15. The predicted molar refractivity (Wildman–Crippen MR) is 90.6 cm³/mol. The molecule has 2 aromatic rings. The van der Waals surface area contributed by atoms with E-state index >= 15 is 0 Å². The SMILES string of the molecule is Cc1cc(OCC=CC(=O)Nc2ccccc2)c(C)cc1Cl. The Morgan fingerprint density at radius 2 is 1.91 bits per heavy atom. The van der Waals surface area contributed by atoms with Gasteiger partial charge in [0.15, 0.2) is 0 Å². The van der Waals surface area contributed by atoms with Gasteiger partial charge in [0.05, 0.1) is 0 Å². The number of carbonyl (C=O) groups is 1. The Balaban J connectivity index is 1.85. The maximum Gasteiger partial charge on any atom is 0.248 e. The van der Waals surface area contributed by atoms with Crippen molar-refractivity contribution in [1.29, 1.82) is 0 Å². The Labute approximate surface area is 135 Å². The molecule has 22 heavy (non-hydrogen) atoms. The van der Waals surface area contributed by atoms with Crippen molar-refractivity contribution in [3.05, 3.63) is 70.8 Å². The number of amides is 1. The van der Waals surface area contributed by atoms with Gasteiger partial charge in [-0.2, -0.15) is 0 Å². The van der Waals surface area contributed by atoms with Crippen molar-refractivity contribution < 1.29 is 9.53 Å². The highest BCUT2D eigenvalue weighted by Gasteiger charge is 2.03. The maximum absolute atomic E-state index is 11.7. The molecular weight excluding hydrogens is 298 g/mol. The molecule has 1 N–H and O–H groups in total. The first kappa shape index (κ1) is 16.1. The molecule has 2 aromatic carbocycles. The number of anilines is 1. The quantitative estimate of drug-likeness (QED) is 0.823. The first-order valence-corrected chi connectivity index (χ1v) is 7.36. The smallest absolute Gasteiger partial charge is 0.248 e. The van der Waals surface area contributed by atoms with Gasteiger partial charge in [-0.05, 0) is 55.3 Å². The summed E-state index contributed by atoms with van der Waals surface area (Å²) in [5.74, 6) is 0.592. The highest BCUT2D eigenvalue weighted by Crippen LogP contribution is 2.25. The van der Waals surface area contributed by atoms with Crippen molar-refractivity contribution in [3.8, 4) is 5.75 Å². The summed E-state index contributed by atoms with van der Waals surface area (Å²) in [4.78, 5) is 11.7. The predicted octanol–water partition coefficient (Wildman–Crippen LogP) is 4.53. The van der Waals surface area contributed by atoms with E-state index in [1.807, 2.05) is 56.3 Å². The van der Waals surface area contributed by atoms with Gasteiger partial charge in [-0.15, -0.1) is 0 Å². The molecule has 0 saturated carbocycles. The Morgan fingerprint density at radius 3 is 2.64 bits per heavy atom.